The van der Waals surface area contributed by atoms with Crippen LogP contribution in [0.5, 0.6) is 5.75 Å². The number of ether oxygens (including phenoxy) is 1. The SMILES string of the molecule is COc1ccc(S(=O)(=O)N2CCC(C(=O)N(C)C3CCC(c4ccccc4)CC3)CC2)cc1. The van der Waals surface area contributed by atoms with E-state index in [2.05, 4.69) is 30.3 Å². The third-order valence-corrected chi connectivity index (χ3v) is 9.28. The summed E-state index contributed by atoms with van der Waals surface area (Å²) in [5.74, 6) is 1.26. The van der Waals surface area contributed by atoms with Crippen LogP contribution >= 0.6 is 0 Å². The largest absolute Gasteiger partial charge is 0.497 e. The van der Waals surface area contributed by atoms with Gasteiger partial charge in [0, 0.05) is 32.1 Å². The van der Waals surface area contributed by atoms with E-state index >= 15 is 0 Å². The fraction of sp³-hybridized carbons (Fsp3) is 0.500. The van der Waals surface area contributed by atoms with Crippen LogP contribution in [0.4, 0.5) is 0 Å². The highest BCUT2D eigenvalue weighted by molar-refractivity contribution is 7.89. The Kier molecular flexibility index (Phi) is 7.39. The lowest BCUT2D eigenvalue weighted by atomic mass is 9.81. The van der Waals surface area contributed by atoms with Gasteiger partial charge in [0.1, 0.15) is 5.75 Å². The summed E-state index contributed by atoms with van der Waals surface area (Å²) < 4.78 is 32.6. The summed E-state index contributed by atoms with van der Waals surface area (Å²) in [6.45, 7) is 0.749. The Hall–Kier alpha value is -2.38. The maximum absolute atomic E-state index is 13.2. The van der Waals surface area contributed by atoms with Crippen molar-refractivity contribution < 1.29 is 17.9 Å². The number of hydrogen-bond donors (Lipinski definition) is 0. The van der Waals surface area contributed by atoms with Crippen LogP contribution in [0.2, 0.25) is 0 Å². The van der Waals surface area contributed by atoms with Gasteiger partial charge in [0.15, 0.2) is 0 Å². The highest BCUT2D eigenvalue weighted by Crippen LogP contribution is 2.35. The van der Waals surface area contributed by atoms with E-state index in [-0.39, 0.29) is 22.8 Å². The number of benzene rings is 2. The maximum atomic E-state index is 13.2. The van der Waals surface area contributed by atoms with Gasteiger partial charge in [-0.15, -0.1) is 0 Å². The topological polar surface area (TPSA) is 66.9 Å². The Labute approximate surface area is 197 Å². The molecule has 1 saturated carbocycles. The van der Waals surface area contributed by atoms with Crippen molar-refractivity contribution in [2.24, 2.45) is 5.92 Å². The minimum atomic E-state index is -3.56. The van der Waals surface area contributed by atoms with E-state index in [0.717, 1.165) is 25.7 Å². The first kappa shape index (κ1) is 23.8. The number of piperidine rings is 1. The number of nitrogens with zero attached hydrogens (tertiary/aromatic N) is 2. The van der Waals surface area contributed by atoms with Gasteiger partial charge in [0.25, 0.3) is 0 Å². The van der Waals surface area contributed by atoms with E-state index < -0.39 is 10.0 Å². The molecule has 7 heteroatoms. The van der Waals surface area contributed by atoms with Crippen molar-refractivity contribution in [3.05, 3.63) is 60.2 Å². The molecule has 1 aliphatic heterocycles. The second-order valence-corrected chi connectivity index (χ2v) is 11.2. The molecule has 0 atom stereocenters. The van der Waals surface area contributed by atoms with Gasteiger partial charge in [-0.1, -0.05) is 30.3 Å². The van der Waals surface area contributed by atoms with Crippen LogP contribution in [0.1, 0.15) is 50.0 Å². The fourth-order valence-corrected chi connectivity index (χ4v) is 6.70. The van der Waals surface area contributed by atoms with Gasteiger partial charge in [-0.25, -0.2) is 8.42 Å². The Morgan fingerprint density at radius 1 is 0.909 bits per heavy atom. The molecule has 1 amide bonds. The van der Waals surface area contributed by atoms with E-state index in [1.54, 1.807) is 31.4 Å². The number of methoxy groups -OCH3 is 1. The molecule has 1 aliphatic carbocycles. The molecule has 2 aromatic rings. The number of carbonyl (C=O) groups is 1. The first-order valence-corrected chi connectivity index (χ1v) is 13.3. The average molecular weight is 471 g/mol. The van der Waals surface area contributed by atoms with E-state index in [4.69, 9.17) is 4.74 Å². The van der Waals surface area contributed by atoms with Crippen molar-refractivity contribution in [3.63, 3.8) is 0 Å². The molecule has 4 rings (SSSR count). The molecule has 1 heterocycles. The first-order valence-electron chi connectivity index (χ1n) is 11.9. The van der Waals surface area contributed by atoms with Gasteiger partial charge < -0.3 is 9.64 Å². The smallest absolute Gasteiger partial charge is 0.243 e. The summed E-state index contributed by atoms with van der Waals surface area (Å²) >= 11 is 0. The highest BCUT2D eigenvalue weighted by atomic mass is 32.2. The molecular formula is C26H34N2O4S. The summed E-state index contributed by atoms with van der Waals surface area (Å²) in [6.07, 6.45) is 5.38. The third kappa shape index (κ3) is 5.25. The van der Waals surface area contributed by atoms with Crippen molar-refractivity contribution in [2.75, 3.05) is 27.2 Å². The Morgan fingerprint density at radius 3 is 2.09 bits per heavy atom. The molecule has 0 N–H and O–H groups in total. The van der Waals surface area contributed by atoms with Gasteiger partial charge in [-0.2, -0.15) is 4.31 Å². The lowest BCUT2D eigenvalue weighted by molar-refractivity contribution is -0.138. The molecule has 1 saturated heterocycles. The molecule has 2 aromatic carbocycles. The molecule has 0 unspecified atom stereocenters. The highest BCUT2D eigenvalue weighted by Gasteiger charge is 2.35. The first-order chi connectivity index (χ1) is 15.9. The van der Waals surface area contributed by atoms with Crippen molar-refractivity contribution in [2.45, 2.75) is 55.4 Å². The average Bonchev–Trinajstić information content (AvgIpc) is 2.88. The summed E-state index contributed by atoms with van der Waals surface area (Å²) in [5, 5.41) is 0. The number of hydrogen-bond acceptors (Lipinski definition) is 4. The predicted molar refractivity (Wildman–Crippen MR) is 129 cm³/mol. The summed E-state index contributed by atoms with van der Waals surface area (Å²) in [4.78, 5) is 15.4. The molecule has 2 fully saturated rings. The maximum Gasteiger partial charge on any atom is 0.243 e. The van der Waals surface area contributed by atoms with Crippen molar-refractivity contribution in [1.29, 1.82) is 0 Å². The second-order valence-electron chi connectivity index (χ2n) is 9.22. The molecule has 178 valence electrons. The number of carbonyl (C=O) groups excluding carboxylic acids is 1. The van der Waals surface area contributed by atoms with Gasteiger partial charge in [-0.3, -0.25) is 4.79 Å². The van der Waals surface area contributed by atoms with Crippen LogP contribution in [-0.4, -0.2) is 56.8 Å². The van der Waals surface area contributed by atoms with Gasteiger partial charge >= 0.3 is 0 Å². The van der Waals surface area contributed by atoms with E-state index in [1.807, 2.05) is 11.9 Å². The van der Waals surface area contributed by atoms with Gasteiger partial charge in [0.2, 0.25) is 15.9 Å². The van der Waals surface area contributed by atoms with Crippen LogP contribution in [0, 0.1) is 5.92 Å². The van der Waals surface area contributed by atoms with Crippen molar-refractivity contribution >= 4 is 15.9 Å². The van der Waals surface area contributed by atoms with E-state index in [0.29, 0.717) is 37.6 Å². The van der Waals surface area contributed by atoms with E-state index in [1.165, 1.54) is 9.87 Å². The van der Waals surface area contributed by atoms with E-state index in [9.17, 15) is 13.2 Å². The molecule has 0 bridgehead atoms. The standard InChI is InChI=1S/C26H34N2O4S/c1-27(23-10-8-21(9-11-23)20-6-4-3-5-7-20)26(29)22-16-18-28(19-17-22)33(30,31)25-14-12-24(32-2)13-15-25/h3-7,12-15,21-23H,8-11,16-19H2,1-2H3. The van der Waals surface area contributed by atoms with Gasteiger partial charge in [0.05, 0.1) is 12.0 Å². The third-order valence-electron chi connectivity index (χ3n) is 7.36. The second kappa shape index (κ2) is 10.3. The molecule has 33 heavy (non-hydrogen) atoms. The predicted octanol–water partition coefficient (Wildman–Crippen LogP) is 4.28. The molecular weight excluding hydrogens is 436 g/mol. The van der Waals surface area contributed by atoms with Gasteiger partial charge in [-0.05, 0) is 74.3 Å². The van der Waals surface area contributed by atoms with Crippen LogP contribution in [-0.2, 0) is 14.8 Å². The summed E-state index contributed by atoms with van der Waals surface area (Å²) in [7, 11) is -0.0768. The monoisotopic (exact) mass is 470 g/mol. The molecule has 0 spiro atoms. The van der Waals surface area contributed by atoms with Crippen LogP contribution in [0.3, 0.4) is 0 Å². The molecule has 0 radical (unpaired) electrons. The summed E-state index contributed by atoms with van der Waals surface area (Å²) in [6, 6.07) is 17.4. The minimum Gasteiger partial charge on any atom is -0.497 e. The number of amides is 1. The van der Waals surface area contributed by atoms with Crippen molar-refractivity contribution in [3.8, 4) is 5.75 Å². The number of rotatable bonds is 6. The Balaban J connectivity index is 1.30. The van der Waals surface area contributed by atoms with Crippen LogP contribution < -0.4 is 4.74 Å². The zero-order valence-electron chi connectivity index (χ0n) is 19.5. The summed E-state index contributed by atoms with van der Waals surface area (Å²) in [5.41, 5.74) is 1.40. The van der Waals surface area contributed by atoms with Crippen LogP contribution in [0.25, 0.3) is 0 Å². The molecule has 2 aliphatic rings. The fourth-order valence-electron chi connectivity index (χ4n) is 5.23. The molecule has 0 aromatic heterocycles. The Morgan fingerprint density at radius 2 is 1.52 bits per heavy atom. The quantitative estimate of drug-likeness (QED) is 0.632. The zero-order valence-corrected chi connectivity index (χ0v) is 20.3. The Bertz CT molecular complexity index is 1020. The lowest BCUT2D eigenvalue weighted by Crippen LogP contribution is -2.46. The van der Waals surface area contributed by atoms with Crippen LogP contribution in [0.15, 0.2) is 59.5 Å². The van der Waals surface area contributed by atoms with Crippen molar-refractivity contribution in [1.82, 2.24) is 9.21 Å². The lowest BCUT2D eigenvalue weighted by Gasteiger charge is -2.38. The molecule has 6 nitrogen and oxygen atoms in total. The normalized spacial score (nSPS) is 22.6. The number of sulfonamides is 1. The minimum absolute atomic E-state index is 0.107. The zero-order chi connectivity index (χ0) is 23.4.